The van der Waals surface area contributed by atoms with Crippen LogP contribution < -0.4 is 50.8 Å². The Morgan fingerprint density at radius 3 is 0.647 bits per heavy atom. The van der Waals surface area contributed by atoms with Gasteiger partial charge in [-0.05, 0) is 315 Å². The van der Waals surface area contributed by atoms with Gasteiger partial charge in [0.25, 0.3) is 0 Å². The number of hydrogen-bond acceptors (Lipinski definition) is 4. The fourth-order valence-electron chi connectivity index (χ4n) is 9.28. The maximum atomic E-state index is 6.64. The van der Waals surface area contributed by atoms with E-state index in [1.54, 1.807) is 0 Å². The average molecular weight is 951 g/mol. The Morgan fingerprint density at radius 1 is 0.279 bits per heavy atom. The molecule has 0 aliphatic heterocycles. The van der Waals surface area contributed by atoms with Gasteiger partial charge in [-0.1, -0.05) is 36.4 Å². The second-order valence-corrected chi connectivity index (χ2v) is 27.5. The third-order valence-corrected chi connectivity index (χ3v) is 16.5. The van der Waals surface area contributed by atoms with Crippen LogP contribution in [-0.2, 0) is 0 Å². The fourth-order valence-corrected chi connectivity index (χ4v) is 15.1. The van der Waals surface area contributed by atoms with E-state index in [-0.39, 0.29) is 22.4 Å². The number of benzene rings is 6. The standard InChI is InChI=1S/C62H80O4P2/c1-37-25-23-27-51(67(47-29-39(3)55(40(4)30-47)63-59(11,12)13)48-31-41(5)56(42(6)32-48)64-60(14,15)16)53(37)54-38(2)26-24-28-52(54)68(49-33-43(7)57(44(8)34-49)65-61(17,18)19)50-35-45(9)58(46(10)36-50)66-62(20,21)22/h23-36H,1-22H3. The molecule has 0 saturated carbocycles. The summed E-state index contributed by atoms with van der Waals surface area (Å²) in [6.45, 7) is 47.7. The first-order valence-electron chi connectivity index (χ1n) is 24.3. The SMILES string of the molecule is Cc1cc(P(c2cc(C)c(OC(C)(C)C)c(C)c2)c2cccc(C)c2-c2c(C)cccc2P(c2cc(C)c(OC(C)(C)C)c(C)c2)c2cc(C)c(OC(C)(C)C)c(C)c2)cc(C)c1OC(C)(C)C. The molecule has 6 heteroatoms. The summed E-state index contributed by atoms with van der Waals surface area (Å²) in [5.74, 6) is 3.84. The lowest BCUT2D eigenvalue weighted by atomic mass is 9.96. The Balaban J connectivity index is 1.72. The van der Waals surface area contributed by atoms with Crippen LogP contribution in [-0.4, -0.2) is 22.4 Å². The van der Waals surface area contributed by atoms with Crippen molar-refractivity contribution in [2.24, 2.45) is 0 Å². The van der Waals surface area contributed by atoms with Crippen molar-refractivity contribution >= 4 is 47.7 Å². The zero-order valence-corrected chi connectivity index (χ0v) is 47.4. The summed E-state index contributed by atoms with van der Waals surface area (Å²) < 4.78 is 26.5. The van der Waals surface area contributed by atoms with E-state index in [9.17, 15) is 0 Å². The van der Waals surface area contributed by atoms with E-state index in [0.29, 0.717) is 0 Å². The maximum Gasteiger partial charge on any atom is 0.125 e. The molecule has 0 amide bonds. The first kappa shape index (κ1) is 52.7. The molecule has 4 nitrogen and oxygen atoms in total. The molecule has 0 N–H and O–H groups in total. The van der Waals surface area contributed by atoms with Crippen molar-refractivity contribution in [2.45, 2.75) is 175 Å². The average Bonchev–Trinajstić information content (AvgIpc) is 3.17. The van der Waals surface area contributed by atoms with Gasteiger partial charge in [0.2, 0.25) is 0 Å². The van der Waals surface area contributed by atoms with E-state index >= 15 is 0 Å². The van der Waals surface area contributed by atoms with Crippen LogP contribution in [0.3, 0.4) is 0 Å². The molecule has 0 atom stereocenters. The quantitative estimate of drug-likeness (QED) is 0.121. The summed E-state index contributed by atoms with van der Waals surface area (Å²) in [6.07, 6.45) is 0. The molecule has 68 heavy (non-hydrogen) atoms. The van der Waals surface area contributed by atoms with Crippen LogP contribution in [0.25, 0.3) is 11.1 Å². The van der Waals surface area contributed by atoms with Gasteiger partial charge in [-0.25, -0.2) is 0 Å². The van der Waals surface area contributed by atoms with Gasteiger partial charge in [0.05, 0.1) is 0 Å². The molecule has 0 radical (unpaired) electrons. The largest absolute Gasteiger partial charge is 0.488 e. The minimum absolute atomic E-state index is 0.323. The summed E-state index contributed by atoms with van der Waals surface area (Å²) in [6, 6.07) is 33.1. The summed E-state index contributed by atoms with van der Waals surface area (Å²) in [4.78, 5) is 0. The van der Waals surface area contributed by atoms with Crippen LogP contribution in [0.1, 0.15) is 139 Å². The monoisotopic (exact) mass is 951 g/mol. The van der Waals surface area contributed by atoms with Gasteiger partial charge in [0.15, 0.2) is 0 Å². The molecule has 0 heterocycles. The van der Waals surface area contributed by atoms with Gasteiger partial charge in [-0.3, -0.25) is 0 Å². The number of rotatable bonds is 11. The van der Waals surface area contributed by atoms with Crippen LogP contribution in [0.4, 0.5) is 0 Å². The van der Waals surface area contributed by atoms with Crippen LogP contribution in [0.2, 0.25) is 0 Å². The predicted molar refractivity (Wildman–Crippen MR) is 298 cm³/mol. The molecule has 0 saturated heterocycles. The molecule has 0 aliphatic rings. The van der Waals surface area contributed by atoms with Crippen LogP contribution in [0, 0.1) is 69.2 Å². The second-order valence-electron chi connectivity index (χ2n) is 23.1. The van der Waals surface area contributed by atoms with Crippen molar-refractivity contribution in [3.63, 3.8) is 0 Å². The van der Waals surface area contributed by atoms with Gasteiger partial charge in [0, 0.05) is 0 Å². The van der Waals surface area contributed by atoms with E-state index in [1.165, 1.54) is 54.1 Å². The molecule has 362 valence electrons. The van der Waals surface area contributed by atoms with Crippen LogP contribution in [0.5, 0.6) is 23.0 Å². The van der Waals surface area contributed by atoms with Gasteiger partial charge < -0.3 is 18.9 Å². The third-order valence-electron chi connectivity index (χ3n) is 11.7. The first-order chi connectivity index (χ1) is 31.3. The second kappa shape index (κ2) is 19.6. The molecule has 0 aliphatic carbocycles. The number of aryl methyl sites for hydroxylation is 10. The van der Waals surface area contributed by atoms with Crippen molar-refractivity contribution in [3.8, 4) is 34.1 Å². The predicted octanol–water partition coefficient (Wildman–Crippen LogP) is 14.7. The third kappa shape index (κ3) is 12.2. The Morgan fingerprint density at radius 2 is 0.471 bits per heavy atom. The molecular weight excluding hydrogens is 871 g/mol. The van der Waals surface area contributed by atoms with Crippen molar-refractivity contribution in [1.29, 1.82) is 0 Å². The lowest BCUT2D eigenvalue weighted by molar-refractivity contribution is 0.128. The molecule has 6 aromatic rings. The van der Waals surface area contributed by atoms with Crippen LogP contribution in [0.15, 0.2) is 84.9 Å². The molecular formula is C62H80O4P2. The highest BCUT2D eigenvalue weighted by molar-refractivity contribution is 7.80. The minimum Gasteiger partial charge on any atom is -0.488 e. The number of ether oxygens (including phenoxy) is 4. The van der Waals surface area contributed by atoms with Crippen molar-refractivity contribution in [2.75, 3.05) is 0 Å². The summed E-state index contributed by atoms with van der Waals surface area (Å²) in [5, 5.41) is 7.85. The first-order valence-corrected chi connectivity index (χ1v) is 27.0. The van der Waals surface area contributed by atoms with E-state index in [2.05, 4.69) is 237 Å². The van der Waals surface area contributed by atoms with Crippen LogP contribution >= 0.6 is 15.8 Å². The highest BCUT2D eigenvalue weighted by Gasteiger charge is 2.31. The molecule has 0 aromatic heterocycles. The van der Waals surface area contributed by atoms with E-state index in [0.717, 1.165) is 67.5 Å². The Bertz CT molecular complexity index is 2410. The molecule has 0 bridgehead atoms. The van der Waals surface area contributed by atoms with Crippen molar-refractivity contribution < 1.29 is 18.9 Å². The van der Waals surface area contributed by atoms with E-state index in [1.807, 2.05) is 0 Å². The van der Waals surface area contributed by atoms with Gasteiger partial charge >= 0.3 is 0 Å². The van der Waals surface area contributed by atoms with E-state index in [4.69, 9.17) is 18.9 Å². The molecule has 0 fully saturated rings. The topological polar surface area (TPSA) is 36.9 Å². The molecule has 0 unspecified atom stereocenters. The Kier molecular flexibility index (Phi) is 15.2. The summed E-state index contributed by atoms with van der Waals surface area (Å²) in [7, 11) is -2.22. The zero-order chi connectivity index (χ0) is 50.6. The lowest BCUT2D eigenvalue weighted by Gasteiger charge is -2.31. The number of hydrogen-bond donors (Lipinski definition) is 0. The van der Waals surface area contributed by atoms with Gasteiger partial charge in [-0.2, -0.15) is 0 Å². The molecule has 6 rings (SSSR count). The Hall–Kier alpha value is -4.62. The van der Waals surface area contributed by atoms with Gasteiger partial charge in [0.1, 0.15) is 45.4 Å². The highest BCUT2D eigenvalue weighted by Crippen LogP contribution is 2.46. The summed E-state index contributed by atoms with van der Waals surface area (Å²) >= 11 is 0. The zero-order valence-electron chi connectivity index (χ0n) is 45.6. The Labute approximate surface area is 414 Å². The van der Waals surface area contributed by atoms with Crippen molar-refractivity contribution in [1.82, 2.24) is 0 Å². The molecule has 6 aromatic carbocycles. The molecule has 0 spiro atoms. The van der Waals surface area contributed by atoms with Crippen molar-refractivity contribution in [3.05, 3.63) is 141 Å². The highest BCUT2D eigenvalue weighted by atomic mass is 31.1. The van der Waals surface area contributed by atoms with E-state index < -0.39 is 15.8 Å². The minimum atomic E-state index is -1.11. The fraction of sp³-hybridized carbons (Fsp3) is 0.419. The smallest absolute Gasteiger partial charge is 0.125 e. The summed E-state index contributed by atoms with van der Waals surface area (Å²) in [5.41, 5.74) is 13.0. The lowest BCUT2D eigenvalue weighted by Crippen LogP contribution is -2.29. The maximum absolute atomic E-state index is 6.64. The normalized spacial score (nSPS) is 12.5. The van der Waals surface area contributed by atoms with Gasteiger partial charge in [-0.15, -0.1) is 0 Å².